The van der Waals surface area contributed by atoms with Crippen LogP contribution in [0.5, 0.6) is 0 Å². The second-order valence-corrected chi connectivity index (χ2v) is 15.5. The lowest BCUT2D eigenvalue weighted by atomic mass is 10.00. The van der Waals surface area contributed by atoms with Crippen molar-refractivity contribution in [3.63, 3.8) is 0 Å². The molecule has 0 radical (unpaired) electrons. The third-order valence-corrected chi connectivity index (χ3v) is 11.6. The molecule has 10 nitrogen and oxygen atoms in total. The number of phosphoric ester groups is 1. The molecule has 0 spiro atoms. The molecule has 3 aromatic carbocycles. The maximum atomic E-state index is 15.0. The second kappa shape index (κ2) is 15.4. The Bertz CT molecular complexity index is 2320. The van der Waals surface area contributed by atoms with Crippen LogP contribution in [0.15, 0.2) is 92.8 Å². The highest BCUT2D eigenvalue weighted by atomic mass is 31.2. The number of fused-ring (bicyclic) bond motifs is 10. The van der Waals surface area contributed by atoms with Crippen LogP contribution in [0.3, 0.4) is 0 Å². The quantitative estimate of drug-likeness (QED) is 0.0512. The number of aliphatic imine (C=N–C) groups is 2. The number of benzene rings is 3. The van der Waals surface area contributed by atoms with Gasteiger partial charge in [-0.15, -0.1) is 0 Å². The number of unbranched alkanes of at least 4 members (excludes halogenated alkanes) is 10. The molecule has 0 unspecified atom stereocenters. The minimum absolute atomic E-state index is 0.274. The van der Waals surface area contributed by atoms with Gasteiger partial charge >= 0.3 is 15.0 Å². The molecular weight excluding hydrogens is 670 g/mol. The maximum Gasteiger partial charge on any atom is 0.571 e. The zero-order valence-electron chi connectivity index (χ0n) is 30.2. The standard InChI is InChI=1S/C40H46BN6O4P/c1-3-5-7-9-11-19-27-49-52(48,50-28-20-12-10-8-6-4-2)51-41-46-37-31-23-15-17-25-33(31)39(46)45-40-34-26-18-16-24-32(34)38(47(40)41)44-36-30-22-14-13-21-29(30)35(42-36)43-37/h13-18,21-26H,3-12,19-20,27-28H2,1-2H3/b43-35-,43-37?,44-36?,44-38-. The third-order valence-electron chi connectivity index (χ3n) is 10.1. The molecule has 0 atom stereocenters. The molecule has 5 heterocycles. The van der Waals surface area contributed by atoms with Gasteiger partial charge in [-0.05, 0) is 12.8 Å². The van der Waals surface area contributed by atoms with Gasteiger partial charge < -0.3 is 13.4 Å². The molecule has 0 N–H and O–H groups in total. The molecule has 0 aliphatic carbocycles. The smallest absolute Gasteiger partial charge is 0.307 e. The van der Waals surface area contributed by atoms with Gasteiger partial charge in [0.05, 0.1) is 13.2 Å². The Morgan fingerprint density at radius 1 is 0.538 bits per heavy atom. The summed E-state index contributed by atoms with van der Waals surface area (Å²) in [5, 5.41) is 3.56. The van der Waals surface area contributed by atoms with Crippen LogP contribution in [-0.4, -0.2) is 41.0 Å². The average molecular weight is 717 g/mol. The van der Waals surface area contributed by atoms with E-state index < -0.39 is 15.0 Å². The fraction of sp³-hybridized carbons (Fsp3) is 0.400. The molecule has 8 rings (SSSR count). The lowest BCUT2D eigenvalue weighted by molar-refractivity contribution is 0.148. The van der Waals surface area contributed by atoms with Crippen LogP contribution in [0.25, 0.3) is 21.5 Å². The molecule has 2 aromatic heterocycles. The van der Waals surface area contributed by atoms with Crippen molar-refractivity contribution >= 4 is 59.9 Å². The molecule has 0 amide bonds. The van der Waals surface area contributed by atoms with E-state index in [1.807, 2.05) is 81.8 Å². The zero-order chi connectivity index (χ0) is 35.5. The van der Waals surface area contributed by atoms with E-state index in [1.54, 1.807) is 0 Å². The largest absolute Gasteiger partial charge is 0.571 e. The summed E-state index contributed by atoms with van der Waals surface area (Å²) in [6.07, 6.45) is 12.9. The molecule has 268 valence electrons. The van der Waals surface area contributed by atoms with Crippen LogP contribution in [0.2, 0.25) is 0 Å². The monoisotopic (exact) mass is 716 g/mol. The lowest BCUT2D eigenvalue weighted by Gasteiger charge is -2.26. The van der Waals surface area contributed by atoms with Gasteiger partial charge in [0.2, 0.25) is 0 Å². The fourth-order valence-electron chi connectivity index (χ4n) is 7.45. The highest BCUT2D eigenvalue weighted by Gasteiger charge is 2.44. The minimum atomic E-state index is -4.14. The summed E-state index contributed by atoms with van der Waals surface area (Å²) >= 11 is 0. The minimum Gasteiger partial charge on any atom is -0.307 e. The normalized spacial score (nSPS) is 16.0. The van der Waals surface area contributed by atoms with E-state index in [9.17, 15) is 4.57 Å². The molecule has 5 aromatic rings. The highest BCUT2D eigenvalue weighted by Crippen LogP contribution is 2.52. The van der Waals surface area contributed by atoms with Crippen molar-refractivity contribution in [1.29, 1.82) is 0 Å². The fourth-order valence-corrected chi connectivity index (χ4v) is 8.77. The van der Waals surface area contributed by atoms with Gasteiger partial charge in [0.25, 0.3) is 0 Å². The zero-order valence-corrected chi connectivity index (χ0v) is 31.1. The Hall–Kier alpha value is -4.15. The number of phosphoric acid groups is 1. The highest BCUT2D eigenvalue weighted by molar-refractivity contribution is 7.49. The van der Waals surface area contributed by atoms with Crippen molar-refractivity contribution in [2.24, 2.45) is 20.0 Å². The summed E-state index contributed by atoms with van der Waals surface area (Å²) in [4.78, 5) is 20.7. The van der Waals surface area contributed by atoms with Crippen molar-refractivity contribution in [2.45, 2.75) is 90.9 Å². The number of aromatic nitrogens is 2. The lowest BCUT2D eigenvalue weighted by Crippen LogP contribution is -2.50. The predicted molar refractivity (Wildman–Crippen MR) is 209 cm³/mol. The van der Waals surface area contributed by atoms with Gasteiger partial charge in [-0.3, -0.25) is 9.05 Å². The Kier molecular flexibility index (Phi) is 10.4. The van der Waals surface area contributed by atoms with Crippen LogP contribution in [0.1, 0.15) is 102 Å². The third kappa shape index (κ3) is 6.64. The Morgan fingerprint density at radius 3 is 1.58 bits per heavy atom. The molecule has 12 heteroatoms. The Balaban J connectivity index is 1.26. The summed E-state index contributed by atoms with van der Waals surface area (Å²) in [7, 11) is -5.16. The maximum absolute atomic E-state index is 15.0. The van der Waals surface area contributed by atoms with E-state index in [1.165, 1.54) is 38.5 Å². The topological polar surface area (TPSA) is 104 Å². The molecule has 0 saturated heterocycles. The van der Waals surface area contributed by atoms with Crippen molar-refractivity contribution in [2.75, 3.05) is 13.2 Å². The second-order valence-electron chi connectivity index (χ2n) is 13.8. The van der Waals surface area contributed by atoms with E-state index in [-0.39, 0.29) is 13.2 Å². The molecule has 0 fully saturated rings. The summed E-state index contributed by atoms with van der Waals surface area (Å²) in [5.41, 5.74) is 3.04. The first kappa shape index (κ1) is 34.9. The van der Waals surface area contributed by atoms with Crippen molar-refractivity contribution < 1.29 is 18.1 Å². The SMILES string of the molecule is CCCCCCCCOP(=O)(OCCCCCCCC)OB1n2c3c4ccccc4c2/N=C2N=C(/N=c4/c5ccccc5c(n41)=N3)c1ccccc1\2. The number of hydrogen-bond donors (Lipinski definition) is 0. The predicted octanol–water partition coefficient (Wildman–Crippen LogP) is 9.59. The van der Waals surface area contributed by atoms with Gasteiger partial charge in [-0.25, -0.2) is 24.5 Å². The Morgan fingerprint density at radius 2 is 1.00 bits per heavy atom. The first-order valence-corrected chi connectivity index (χ1v) is 20.6. The number of rotatable bonds is 18. The molecular formula is C40H46BN6O4P. The summed E-state index contributed by atoms with van der Waals surface area (Å²) in [6.45, 7) is 4.97. The Labute approximate surface area is 305 Å². The van der Waals surface area contributed by atoms with Gasteiger partial charge in [0, 0.05) is 32.7 Å². The van der Waals surface area contributed by atoms with Crippen molar-refractivity contribution in [3.05, 3.63) is 94.9 Å². The van der Waals surface area contributed by atoms with E-state index in [2.05, 4.69) is 13.8 Å². The van der Waals surface area contributed by atoms with Crippen LogP contribution >= 0.6 is 7.82 Å². The number of nitrogens with zero attached hydrogens (tertiary/aromatic N) is 6. The van der Waals surface area contributed by atoms with Crippen LogP contribution < -0.4 is 11.0 Å². The van der Waals surface area contributed by atoms with Gasteiger partial charge in [0.1, 0.15) is 22.6 Å². The van der Waals surface area contributed by atoms with E-state index in [0.29, 0.717) is 34.3 Å². The first-order valence-electron chi connectivity index (χ1n) is 19.1. The number of hydrogen-bond acceptors (Lipinski definition) is 8. The molecule has 52 heavy (non-hydrogen) atoms. The van der Waals surface area contributed by atoms with Gasteiger partial charge in [-0.1, -0.05) is 151 Å². The summed E-state index contributed by atoms with van der Waals surface area (Å²) < 4.78 is 38.1. The van der Waals surface area contributed by atoms with Gasteiger partial charge in [-0.2, -0.15) is 0 Å². The van der Waals surface area contributed by atoms with Crippen LogP contribution in [-0.2, 0) is 18.1 Å². The van der Waals surface area contributed by atoms with E-state index in [0.717, 1.165) is 71.2 Å². The molecule has 3 aliphatic heterocycles. The van der Waals surface area contributed by atoms with E-state index >= 15 is 0 Å². The molecule has 4 bridgehead atoms. The summed E-state index contributed by atoms with van der Waals surface area (Å²) in [5.74, 6) is 2.35. The van der Waals surface area contributed by atoms with Crippen LogP contribution in [0.4, 0.5) is 11.6 Å². The number of amidine groups is 2. The van der Waals surface area contributed by atoms with E-state index in [4.69, 9.17) is 33.5 Å². The molecule has 3 aliphatic rings. The molecule has 0 saturated carbocycles. The average Bonchev–Trinajstić information content (AvgIpc) is 3.79. The van der Waals surface area contributed by atoms with Crippen molar-refractivity contribution in [3.8, 4) is 0 Å². The van der Waals surface area contributed by atoms with Crippen molar-refractivity contribution in [1.82, 2.24) is 8.96 Å². The van der Waals surface area contributed by atoms with Crippen LogP contribution in [0, 0.1) is 0 Å². The van der Waals surface area contributed by atoms with Gasteiger partial charge in [0.15, 0.2) is 11.7 Å². The summed E-state index contributed by atoms with van der Waals surface area (Å²) in [6, 6.07) is 24.1. The first-order chi connectivity index (χ1) is 25.6.